The van der Waals surface area contributed by atoms with Gasteiger partial charge in [-0.1, -0.05) is 29.8 Å². The number of aryl methyl sites for hydroxylation is 1. The molecular weight excluding hydrogens is 278 g/mol. The Morgan fingerprint density at radius 1 is 1.23 bits per heavy atom. The average molecular weight is 303 g/mol. The Hall–Kier alpha value is -1.88. The van der Waals surface area contributed by atoms with Crippen molar-refractivity contribution in [2.75, 3.05) is 6.54 Å². The van der Waals surface area contributed by atoms with Gasteiger partial charge in [0.25, 0.3) is 0 Å². The summed E-state index contributed by atoms with van der Waals surface area (Å²) in [5, 5.41) is 5.85. The van der Waals surface area contributed by atoms with Crippen LogP contribution in [0.3, 0.4) is 0 Å². The first kappa shape index (κ1) is 16.5. The Bertz CT molecular complexity index is 523. The molecule has 5 heteroatoms. The average Bonchev–Trinajstić information content (AvgIpc) is 3.29. The predicted octanol–water partition coefficient (Wildman–Crippen LogP) is 1.42. The second-order valence-electron chi connectivity index (χ2n) is 6.12. The zero-order valence-corrected chi connectivity index (χ0v) is 13.3. The van der Waals surface area contributed by atoms with Gasteiger partial charge in [-0.3, -0.25) is 9.59 Å². The van der Waals surface area contributed by atoms with Crippen molar-refractivity contribution in [2.45, 2.75) is 45.2 Å². The molecule has 2 amide bonds. The Labute approximate surface area is 131 Å². The van der Waals surface area contributed by atoms with Crippen molar-refractivity contribution in [3.8, 4) is 0 Å². The molecule has 5 nitrogen and oxygen atoms in total. The van der Waals surface area contributed by atoms with Crippen LogP contribution in [-0.4, -0.2) is 24.4 Å². The highest BCUT2D eigenvalue weighted by atomic mass is 16.2. The van der Waals surface area contributed by atoms with Crippen LogP contribution in [0.4, 0.5) is 0 Å². The van der Waals surface area contributed by atoms with E-state index >= 15 is 0 Å². The van der Waals surface area contributed by atoms with E-state index in [1.807, 2.05) is 31.2 Å². The van der Waals surface area contributed by atoms with Gasteiger partial charge >= 0.3 is 0 Å². The van der Waals surface area contributed by atoms with E-state index in [0.717, 1.165) is 24.0 Å². The van der Waals surface area contributed by atoms with Gasteiger partial charge in [-0.05, 0) is 31.2 Å². The van der Waals surface area contributed by atoms with E-state index in [1.54, 1.807) is 0 Å². The van der Waals surface area contributed by atoms with Gasteiger partial charge in [-0.2, -0.15) is 0 Å². The van der Waals surface area contributed by atoms with Gasteiger partial charge in [-0.15, -0.1) is 0 Å². The Kier molecular flexibility index (Phi) is 5.55. The maximum atomic E-state index is 12.3. The molecule has 0 aliphatic heterocycles. The lowest BCUT2D eigenvalue weighted by atomic mass is 10.0. The molecule has 1 aliphatic rings. The third-order valence-electron chi connectivity index (χ3n) is 4.04. The summed E-state index contributed by atoms with van der Waals surface area (Å²) in [5.74, 6) is 0.310. The third kappa shape index (κ3) is 4.84. The van der Waals surface area contributed by atoms with E-state index in [2.05, 4.69) is 10.6 Å². The number of amides is 2. The SMILES string of the molecule is CC(=O)NC(CC(=O)NC(CN)C1CC1)c1ccc(C)cc1. The van der Waals surface area contributed by atoms with E-state index in [0.29, 0.717) is 12.5 Å². The maximum absolute atomic E-state index is 12.3. The molecule has 1 aromatic carbocycles. The zero-order chi connectivity index (χ0) is 16.1. The highest BCUT2D eigenvalue weighted by Crippen LogP contribution is 2.32. The molecule has 0 saturated heterocycles. The van der Waals surface area contributed by atoms with E-state index in [-0.39, 0.29) is 30.3 Å². The number of carbonyl (C=O) groups excluding carboxylic acids is 2. The standard InChI is InChI=1S/C17H25N3O2/c1-11-3-5-13(6-4-11)15(19-12(2)21)9-17(22)20-16(10-18)14-7-8-14/h3-6,14-16H,7-10,18H2,1-2H3,(H,19,21)(H,20,22). The van der Waals surface area contributed by atoms with Crippen molar-refractivity contribution in [2.24, 2.45) is 11.7 Å². The lowest BCUT2D eigenvalue weighted by Gasteiger charge is -2.21. The molecule has 1 saturated carbocycles. The summed E-state index contributed by atoms with van der Waals surface area (Å²) in [7, 11) is 0. The number of hydrogen-bond acceptors (Lipinski definition) is 3. The quantitative estimate of drug-likeness (QED) is 0.712. The molecule has 0 aromatic heterocycles. The lowest BCUT2D eigenvalue weighted by Crippen LogP contribution is -2.43. The fourth-order valence-corrected chi connectivity index (χ4v) is 2.62. The van der Waals surface area contributed by atoms with Crippen LogP contribution in [0.5, 0.6) is 0 Å². The number of carbonyl (C=O) groups is 2. The molecule has 2 rings (SSSR count). The molecule has 120 valence electrons. The largest absolute Gasteiger partial charge is 0.352 e. The maximum Gasteiger partial charge on any atom is 0.222 e. The summed E-state index contributed by atoms with van der Waals surface area (Å²) in [6.45, 7) is 3.93. The number of nitrogens with two attached hydrogens (primary N) is 1. The first-order valence-corrected chi connectivity index (χ1v) is 7.82. The fraction of sp³-hybridized carbons (Fsp3) is 0.529. The van der Waals surface area contributed by atoms with Crippen LogP contribution >= 0.6 is 0 Å². The van der Waals surface area contributed by atoms with Crippen LogP contribution in [0.1, 0.15) is 43.4 Å². The molecule has 1 aromatic rings. The molecule has 1 aliphatic carbocycles. The molecule has 0 spiro atoms. The second kappa shape index (κ2) is 7.40. The lowest BCUT2D eigenvalue weighted by molar-refractivity contribution is -0.123. The van der Waals surface area contributed by atoms with Crippen molar-refractivity contribution in [3.63, 3.8) is 0 Å². The molecule has 2 unspecified atom stereocenters. The summed E-state index contributed by atoms with van der Waals surface area (Å²) in [6, 6.07) is 7.61. The van der Waals surface area contributed by atoms with Gasteiger partial charge < -0.3 is 16.4 Å². The Balaban J connectivity index is 2.00. The summed E-state index contributed by atoms with van der Waals surface area (Å²) in [6.07, 6.45) is 2.50. The van der Waals surface area contributed by atoms with Crippen LogP contribution < -0.4 is 16.4 Å². The molecule has 22 heavy (non-hydrogen) atoms. The number of nitrogens with one attached hydrogen (secondary N) is 2. The fourth-order valence-electron chi connectivity index (χ4n) is 2.62. The van der Waals surface area contributed by atoms with Gasteiger partial charge in [0.1, 0.15) is 0 Å². The molecule has 4 N–H and O–H groups in total. The van der Waals surface area contributed by atoms with Gasteiger partial charge in [-0.25, -0.2) is 0 Å². The molecular formula is C17H25N3O2. The topological polar surface area (TPSA) is 84.2 Å². The van der Waals surface area contributed by atoms with Crippen LogP contribution in [0.2, 0.25) is 0 Å². The summed E-state index contributed by atoms with van der Waals surface area (Å²) < 4.78 is 0. The molecule has 1 fully saturated rings. The zero-order valence-electron chi connectivity index (χ0n) is 13.3. The normalized spacial score (nSPS) is 16.7. The van der Waals surface area contributed by atoms with Gasteiger partial charge in [0.15, 0.2) is 0 Å². The molecule has 0 radical (unpaired) electrons. The minimum absolute atomic E-state index is 0.0588. The highest BCUT2D eigenvalue weighted by Gasteiger charge is 2.31. The van der Waals surface area contributed by atoms with Crippen molar-refractivity contribution >= 4 is 11.8 Å². The van der Waals surface area contributed by atoms with Crippen molar-refractivity contribution in [1.82, 2.24) is 10.6 Å². The summed E-state index contributed by atoms with van der Waals surface area (Å²) in [5.41, 5.74) is 7.80. The minimum atomic E-state index is -0.310. The Morgan fingerprint density at radius 2 is 1.86 bits per heavy atom. The third-order valence-corrected chi connectivity index (χ3v) is 4.04. The molecule has 0 bridgehead atoms. The van der Waals surface area contributed by atoms with E-state index in [1.165, 1.54) is 6.92 Å². The van der Waals surface area contributed by atoms with Crippen LogP contribution in [0.15, 0.2) is 24.3 Å². The van der Waals surface area contributed by atoms with Crippen LogP contribution in [0.25, 0.3) is 0 Å². The van der Waals surface area contributed by atoms with Crippen molar-refractivity contribution < 1.29 is 9.59 Å². The molecule has 2 atom stereocenters. The van der Waals surface area contributed by atoms with Crippen molar-refractivity contribution in [1.29, 1.82) is 0 Å². The number of rotatable bonds is 7. The first-order chi connectivity index (χ1) is 10.5. The van der Waals surface area contributed by atoms with Crippen LogP contribution in [-0.2, 0) is 9.59 Å². The van der Waals surface area contributed by atoms with Gasteiger partial charge in [0, 0.05) is 19.5 Å². The molecule has 0 heterocycles. The van der Waals surface area contributed by atoms with E-state index in [4.69, 9.17) is 5.73 Å². The number of hydrogen-bond donors (Lipinski definition) is 3. The Morgan fingerprint density at radius 3 is 2.36 bits per heavy atom. The summed E-state index contributed by atoms with van der Waals surface area (Å²) >= 11 is 0. The second-order valence-corrected chi connectivity index (χ2v) is 6.12. The monoisotopic (exact) mass is 303 g/mol. The van der Waals surface area contributed by atoms with E-state index in [9.17, 15) is 9.59 Å². The van der Waals surface area contributed by atoms with Crippen LogP contribution in [0, 0.1) is 12.8 Å². The first-order valence-electron chi connectivity index (χ1n) is 7.82. The minimum Gasteiger partial charge on any atom is -0.352 e. The summed E-state index contributed by atoms with van der Waals surface area (Å²) in [4.78, 5) is 23.7. The smallest absolute Gasteiger partial charge is 0.222 e. The predicted molar refractivity (Wildman–Crippen MR) is 86.1 cm³/mol. The van der Waals surface area contributed by atoms with E-state index < -0.39 is 0 Å². The number of benzene rings is 1. The van der Waals surface area contributed by atoms with Gasteiger partial charge in [0.05, 0.1) is 12.5 Å². The van der Waals surface area contributed by atoms with Gasteiger partial charge in [0.2, 0.25) is 11.8 Å². The van der Waals surface area contributed by atoms with Crippen molar-refractivity contribution in [3.05, 3.63) is 35.4 Å². The highest BCUT2D eigenvalue weighted by molar-refractivity contribution is 5.79.